The van der Waals surface area contributed by atoms with Crippen molar-refractivity contribution in [3.8, 4) is 56.5 Å². The third kappa shape index (κ3) is 4.78. The molecule has 0 unspecified atom stereocenters. The number of rotatable bonds is 6. The molecule has 0 aliphatic heterocycles. The van der Waals surface area contributed by atoms with Crippen molar-refractivity contribution < 1.29 is 9.47 Å². The molecule has 4 aromatic heterocycles. The van der Waals surface area contributed by atoms with Gasteiger partial charge in [-0.3, -0.25) is 9.13 Å². The summed E-state index contributed by atoms with van der Waals surface area (Å²) in [5.41, 5.74) is 18.0. The molecule has 0 atom stereocenters. The van der Waals surface area contributed by atoms with E-state index in [1.807, 2.05) is 36.7 Å². The van der Waals surface area contributed by atoms with Crippen LogP contribution in [0.25, 0.3) is 88.6 Å². The Hall–Kier alpha value is -7.18. The Morgan fingerprint density at radius 1 is 0.431 bits per heavy atom. The highest BCUT2D eigenvalue weighted by atomic mass is 16.5. The number of ether oxygens (including phenoxy) is 2. The van der Waals surface area contributed by atoms with Crippen LogP contribution in [0.4, 0.5) is 0 Å². The Morgan fingerprint density at radius 2 is 0.897 bits per heavy atom. The van der Waals surface area contributed by atoms with E-state index in [-0.39, 0.29) is 0 Å². The fourth-order valence-corrected chi connectivity index (χ4v) is 10.1. The maximum Gasteiger partial charge on any atom is 0.137 e. The third-order valence-electron chi connectivity index (χ3n) is 12.6. The molecule has 278 valence electrons. The topological polar surface area (TPSA) is 54.1 Å². The van der Waals surface area contributed by atoms with Crippen LogP contribution in [-0.4, -0.2) is 33.3 Å². The van der Waals surface area contributed by atoms with E-state index in [1.165, 1.54) is 88.1 Å². The maximum atomic E-state index is 5.61. The smallest absolute Gasteiger partial charge is 0.137 e. The fraction of sp³-hybridized carbons (Fsp3) is 0.115. The van der Waals surface area contributed by atoms with E-state index >= 15 is 0 Å². The Balaban J connectivity index is 1.15. The van der Waals surface area contributed by atoms with Gasteiger partial charge in [-0.1, -0.05) is 48.5 Å². The minimum atomic E-state index is 0.856. The van der Waals surface area contributed by atoms with Gasteiger partial charge in [-0.15, -0.1) is 0 Å². The highest BCUT2D eigenvalue weighted by Crippen LogP contribution is 2.51. The number of fused-ring (bicyclic) bond motifs is 8. The number of pyridine rings is 2. The number of hydrogen-bond acceptors (Lipinski definition) is 4. The normalized spacial score (nSPS) is 13.1. The summed E-state index contributed by atoms with van der Waals surface area (Å²) in [6, 6.07) is 47.9. The van der Waals surface area contributed by atoms with Crippen molar-refractivity contribution >= 4 is 43.6 Å². The zero-order valence-electron chi connectivity index (χ0n) is 32.3. The van der Waals surface area contributed by atoms with Gasteiger partial charge in [-0.25, -0.2) is 9.97 Å². The van der Waals surface area contributed by atoms with Gasteiger partial charge in [0, 0.05) is 33.9 Å². The summed E-state index contributed by atoms with van der Waals surface area (Å²) >= 11 is 0. The minimum Gasteiger partial charge on any atom is -0.497 e. The quantitative estimate of drug-likeness (QED) is 0.170. The lowest BCUT2D eigenvalue weighted by molar-refractivity contribution is 0.415. The molecule has 6 heteroatoms. The molecule has 10 aromatic rings. The van der Waals surface area contributed by atoms with Gasteiger partial charge in [0.05, 0.1) is 36.3 Å². The molecule has 12 rings (SSSR count). The van der Waals surface area contributed by atoms with E-state index in [0.29, 0.717) is 0 Å². The van der Waals surface area contributed by atoms with E-state index in [9.17, 15) is 0 Å². The number of aromatic nitrogens is 4. The van der Waals surface area contributed by atoms with Gasteiger partial charge in [-0.2, -0.15) is 0 Å². The molecule has 0 bridgehead atoms. The second kappa shape index (κ2) is 12.7. The van der Waals surface area contributed by atoms with Crippen LogP contribution in [0, 0.1) is 0 Å². The van der Waals surface area contributed by atoms with Crippen LogP contribution in [0.5, 0.6) is 11.5 Å². The Kier molecular flexibility index (Phi) is 7.21. The van der Waals surface area contributed by atoms with Crippen molar-refractivity contribution in [1.82, 2.24) is 19.1 Å². The molecule has 0 amide bonds. The monoisotopic (exact) mass is 750 g/mol. The second-order valence-electron chi connectivity index (χ2n) is 15.5. The molecule has 0 N–H and O–H groups in total. The summed E-state index contributed by atoms with van der Waals surface area (Å²) in [5.74, 6) is 3.59. The molecule has 2 aliphatic carbocycles. The molecular formula is C52H38N4O2. The minimum absolute atomic E-state index is 0.856. The van der Waals surface area contributed by atoms with Gasteiger partial charge < -0.3 is 9.47 Å². The largest absolute Gasteiger partial charge is 0.497 e. The average Bonchev–Trinajstić information content (AvgIpc) is 3.80. The van der Waals surface area contributed by atoms with Crippen molar-refractivity contribution in [2.45, 2.75) is 25.7 Å². The Morgan fingerprint density at radius 3 is 1.33 bits per heavy atom. The second-order valence-corrected chi connectivity index (χ2v) is 15.5. The van der Waals surface area contributed by atoms with Crippen LogP contribution in [0.15, 0.2) is 146 Å². The number of benzene rings is 6. The first-order chi connectivity index (χ1) is 28.7. The number of methoxy groups -OCH3 is 2. The van der Waals surface area contributed by atoms with Crippen LogP contribution in [-0.2, 0) is 25.7 Å². The first-order valence-corrected chi connectivity index (χ1v) is 20.0. The zero-order valence-corrected chi connectivity index (χ0v) is 32.3. The fourth-order valence-electron chi connectivity index (χ4n) is 10.1. The molecule has 0 fully saturated rings. The number of nitrogens with zero attached hydrogens (tertiary/aromatic N) is 4. The predicted octanol–water partition coefficient (Wildman–Crippen LogP) is 11.9. The van der Waals surface area contributed by atoms with Gasteiger partial charge in [0.15, 0.2) is 0 Å². The van der Waals surface area contributed by atoms with E-state index < -0.39 is 0 Å². The van der Waals surface area contributed by atoms with Crippen molar-refractivity contribution in [1.29, 1.82) is 0 Å². The summed E-state index contributed by atoms with van der Waals surface area (Å²) in [6.07, 6.45) is 7.65. The number of aryl methyl sites for hydroxylation is 4. The Bertz CT molecular complexity index is 3080. The molecule has 2 aliphatic rings. The van der Waals surface area contributed by atoms with E-state index in [0.717, 1.165) is 59.9 Å². The van der Waals surface area contributed by atoms with Crippen molar-refractivity contribution in [3.63, 3.8) is 0 Å². The van der Waals surface area contributed by atoms with E-state index in [1.54, 1.807) is 14.2 Å². The summed E-state index contributed by atoms with van der Waals surface area (Å²) in [7, 11) is 3.45. The molecule has 4 heterocycles. The summed E-state index contributed by atoms with van der Waals surface area (Å²) in [5, 5.41) is 5.07. The third-order valence-corrected chi connectivity index (χ3v) is 12.6. The van der Waals surface area contributed by atoms with Gasteiger partial charge in [0.2, 0.25) is 0 Å². The lowest BCUT2D eigenvalue weighted by Crippen LogP contribution is -2.16. The summed E-state index contributed by atoms with van der Waals surface area (Å²) in [6.45, 7) is 0. The van der Waals surface area contributed by atoms with Gasteiger partial charge >= 0.3 is 0 Å². The molecule has 6 aromatic carbocycles. The Labute approximate surface area is 335 Å². The first-order valence-electron chi connectivity index (χ1n) is 20.0. The van der Waals surface area contributed by atoms with Crippen LogP contribution < -0.4 is 9.47 Å². The molecule has 6 nitrogen and oxygen atoms in total. The van der Waals surface area contributed by atoms with Crippen molar-refractivity contribution in [3.05, 3.63) is 168 Å². The van der Waals surface area contributed by atoms with Crippen LogP contribution in [0.1, 0.15) is 22.3 Å². The standard InChI is InChI=1S/C52H38N4O2/c1-57-37-11-7-9-31(25-37)33-17-21-45-41(27-33)43-29-35-15-20-40-50-36(16-19-39(49(35)50)51(43)55(45)47-13-3-5-23-53-47)30-44-42-28-34(32-10-8-12-38(26-32)58-2)18-22-46(42)56(52(40)44)48-14-4-6-24-54-48/h3-14,17-18,21-30H,15-16,19-20H2,1-2H3. The lowest BCUT2D eigenvalue weighted by atomic mass is 9.74. The van der Waals surface area contributed by atoms with Crippen LogP contribution in [0.2, 0.25) is 0 Å². The molecule has 0 saturated heterocycles. The van der Waals surface area contributed by atoms with Crippen LogP contribution in [0.3, 0.4) is 0 Å². The van der Waals surface area contributed by atoms with E-state index in [2.05, 4.69) is 118 Å². The van der Waals surface area contributed by atoms with Gasteiger partial charge in [0.25, 0.3) is 0 Å². The maximum absolute atomic E-state index is 5.61. The molecule has 58 heavy (non-hydrogen) atoms. The molecule has 0 spiro atoms. The SMILES string of the molecule is COc1cccc(-c2ccc3c(c2)c2cc4c5c(c2n3-c2ccccn2)CCc2cc3c6cc(-c7cccc(OC)c7)ccc6n(-c6ccccn6)c3c(c2-5)CC4)c1. The molecular weight excluding hydrogens is 713 g/mol. The lowest BCUT2D eigenvalue weighted by Gasteiger charge is -2.31. The first kappa shape index (κ1) is 33.0. The van der Waals surface area contributed by atoms with E-state index in [4.69, 9.17) is 19.4 Å². The van der Waals surface area contributed by atoms with Crippen molar-refractivity contribution in [2.24, 2.45) is 0 Å². The molecule has 0 radical (unpaired) electrons. The summed E-state index contributed by atoms with van der Waals surface area (Å²) in [4.78, 5) is 9.90. The van der Waals surface area contributed by atoms with Gasteiger partial charge in [-0.05, 0) is 166 Å². The van der Waals surface area contributed by atoms with Gasteiger partial charge in [0.1, 0.15) is 23.1 Å². The summed E-state index contributed by atoms with van der Waals surface area (Å²) < 4.78 is 16.0. The predicted molar refractivity (Wildman–Crippen MR) is 235 cm³/mol. The van der Waals surface area contributed by atoms with Crippen molar-refractivity contribution in [2.75, 3.05) is 14.2 Å². The highest BCUT2D eigenvalue weighted by molar-refractivity contribution is 6.16. The average molecular weight is 751 g/mol. The zero-order chi connectivity index (χ0) is 38.5. The highest BCUT2D eigenvalue weighted by Gasteiger charge is 2.33. The van der Waals surface area contributed by atoms with Crippen LogP contribution >= 0.6 is 0 Å². The molecule has 0 saturated carbocycles. The number of hydrogen-bond donors (Lipinski definition) is 0.